The molecule has 3 atom stereocenters. The van der Waals surface area contributed by atoms with Crippen molar-refractivity contribution >= 4 is 32.4 Å². The second-order valence-electron chi connectivity index (χ2n) is 4.97. The molecule has 1 aromatic carbocycles. The van der Waals surface area contributed by atoms with Gasteiger partial charge in [0.05, 0.1) is 15.7 Å². The van der Waals surface area contributed by atoms with E-state index in [9.17, 15) is 4.21 Å². The molecule has 2 rings (SSSR count). The second kappa shape index (κ2) is 6.20. The topological polar surface area (TPSA) is 43.1 Å². The van der Waals surface area contributed by atoms with Crippen molar-refractivity contribution in [3.63, 3.8) is 0 Å². The summed E-state index contributed by atoms with van der Waals surface area (Å²) in [4.78, 5) is 0.809. The van der Waals surface area contributed by atoms with Crippen molar-refractivity contribution in [1.29, 1.82) is 0 Å². The number of anilines is 1. The van der Waals surface area contributed by atoms with Crippen LogP contribution in [0.15, 0.2) is 27.6 Å². The number of nitrogen functional groups attached to an aromatic ring is 1. The number of rotatable bonds is 3. The molecule has 2 nitrogen and oxygen atoms in total. The predicted octanol–water partition coefficient (Wildman–Crippen LogP) is 4.11. The standard InChI is InChI=1S/C14H20BrNOS/c1-2-10-5-3-4-6-13(10)18(17)14-8-7-11(15)9-12(14)16/h7-10,13H,2-6,16H2,1H3. The van der Waals surface area contributed by atoms with Gasteiger partial charge in [0.1, 0.15) is 0 Å². The van der Waals surface area contributed by atoms with Gasteiger partial charge in [-0.1, -0.05) is 42.1 Å². The lowest BCUT2D eigenvalue weighted by Gasteiger charge is -2.30. The Balaban J connectivity index is 2.24. The predicted molar refractivity (Wildman–Crippen MR) is 81.0 cm³/mol. The van der Waals surface area contributed by atoms with E-state index in [0.29, 0.717) is 11.6 Å². The summed E-state index contributed by atoms with van der Waals surface area (Å²) in [6.07, 6.45) is 5.88. The smallest absolute Gasteiger partial charge is 0.0621 e. The van der Waals surface area contributed by atoms with Gasteiger partial charge in [-0.2, -0.15) is 0 Å². The normalized spacial score (nSPS) is 25.9. The largest absolute Gasteiger partial charge is 0.398 e. The second-order valence-corrected chi connectivity index (χ2v) is 7.53. The van der Waals surface area contributed by atoms with Crippen LogP contribution in [-0.2, 0) is 10.8 Å². The Hall–Kier alpha value is -0.350. The highest BCUT2D eigenvalue weighted by atomic mass is 79.9. The van der Waals surface area contributed by atoms with Gasteiger partial charge in [-0.25, -0.2) is 0 Å². The van der Waals surface area contributed by atoms with Gasteiger partial charge in [-0.05, 0) is 37.0 Å². The van der Waals surface area contributed by atoms with Crippen molar-refractivity contribution in [3.05, 3.63) is 22.7 Å². The molecule has 1 aromatic rings. The Morgan fingerprint density at radius 1 is 1.39 bits per heavy atom. The zero-order valence-corrected chi connectivity index (χ0v) is 13.1. The van der Waals surface area contributed by atoms with Gasteiger partial charge in [0, 0.05) is 15.4 Å². The SMILES string of the molecule is CCC1CCCCC1S(=O)c1ccc(Br)cc1N. The van der Waals surface area contributed by atoms with Crippen LogP contribution >= 0.6 is 15.9 Å². The monoisotopic (exact) mass is 329 g/mol. The lowest BCUT2D eigenvalue weighted by molar-refractivity contribution is 0.355. The lowest BCUT2D eigenvalue weighted by atomic mass is 9.87. The maximum atomic E-state index is 12.7. The summed E-state index contributed by atoms with van der Waals surface area (Å²) < 4.78 is 13.7. The van der Waals surface area contributed by atoms with Gasteiger partial charge in [0.25, 0.3) is 0 Å². The van der Waals surface area contributed by atoms with Crippen LogP contribution in [0.5, 0.6) is 0 Å². The minimum absolute atomic E-state index is 0.284. The van der Waals surface area contributed by atoms with Gasteiger partial charge in [-0.15, -0.1) is 0 Å². The van der Waals surface area contributed by atoms with Crippen LogP contribution in [0.1, 0.15) is 39.0 Å². The molecule has 0 heterocycles. The molecule has 0 radical (unpaired) electrons. The summed E-state index contributed by atoms with van der Waals surface area (Å²) in [6, 6.07) is 5.67. The Labute approximate surface area is 120 Å². The van der Waals surface area contributed by atoms with Crippen molar-refractivity contribution in [2.45, 2.75) is 49.2 Å². The van der Waals surface area contributed by atoms with Crippen LogP contribution in [0.25, 0.3) is 0 Å². The highest BCUT2D eigenvalue weighted by Gasteiger charge is 2.30. The van der Waals surface area contributed by atoms with E-state index in [1.54, 1.807) is 0 Å². The van der Waals surface area contributed by atoms with E-state index >= 15 is 0 Å². The zero-order chi connectivity index (χ0) is 13.1. The van der Waals surface area contributed by atoms with Crippen LogP contribution in [0.4, 0.5) is 5.69 Å². The van der Waals surface area contributed by atoms with Gasteiger partial charge >= 0.3 is 0 Å². The van der Waals surface area contributed by atoms with Crippen LogP contribution in [0, 0.1) is 5.92 Å². The van der Waals surface area contributed by atoms with Crippen molar-refractivity contribution in [2.24, 2.45) is 5.92 Å². The lowest BCUT2D eigenvalue weighted by Crippen LogP contribution is -2.29. The molecule has 4 heteroatoms. The first-order valence-corrected chi connectivity index (χ1v) is 8.59. The molecule has 2 N–H and O–H groups in total. The molecule has 0 aliphatic heterocycles. The summed E-state index contributed by atoms with van der Waals surface area (Å²) in [5, 5.41) is 0.284. The van der Waals surface area contributed by atoms with Crippen molar-refractivity contribution < 1.29 is 4.21 Å². The molecule has 100 valence electrons. The third-order valence-electron chi connectivity index (χ3n) is 3.83. The molecular formula is C14H20BrNOS. The van der Waals surface area contributed by atoms with Crippen molar-refractivity contribution in [1.82, 2.24) is 0 Å². The van der Waals surface area contributed by atoms with E-state index in [0.717, 1.165) is 22.2 Å². The fourth-order valence-corrected chi connectivity index (χ4v) is 5.05. The number of hydrogen-bond acceptors (Lipinski definition) is 2. The fourth-order valence-electron chi connectivity index (χ4n) is 2.79. The molecule has 1 saturated carbocycles. The number of benzene rings is 1. The highest BCUT2D eigenvalue weighted by Crippen LogP contribution is 2.34. The van der Waals surface area contributed by atoms with Gasteiger partial charge in [-0.3, -0.25) is 4.21 Å². The summed E-state index contributed by atoms with van der Waals surface area (Å²) >= 11 is 3.39. The minimum Gasteiger partial charge on any atom is -0.398 e. The highest BCUT2D eigenvalue weighted by molar-refractivity contribution is 9.10. The van der Waals surface area contributed by atoms with Gasteiger partial charge in [0.15, 0.2) is 0 Å². The first-order chi connectivity index (χ1) is 8.63. The number of hydrogen-bond donors (Lipinski definition) is 1. The van der Waals surface area contributed by atoms with Gasteiger partial charge < -0.3 is 5.73 Å². The Morgan fingerprint density at radius 2 is 2.11 bits per heavy atom. The summed E-state index contributed by atoms with van der Waals surface area (Å²) in [5.41, 5.74) is 6.63. The Kier molecular flexibility index (Phi) is 4.84. The zero-order valence-electron chi connectivity index (χ0n) is 10.7. The first-order valence-electron chi connectivity index (χ1n) is 6.59. The van der Waals surface area contributed by atoms with Crippen LogP contribution in [-0.4, -0.2) is 9.46 Å². The summed E-state index contributed by atoms with van der Waals surface area (Å²) in [5.74, 6) is 0.586. The Bertz CT molecular complexity index is 449. The average Bonchev–Trinajstić information content (AvgIpc) is 2.38. The van der Waals surface area contributed by atoms with E-state index in [4.69, 9.17) is 5.73 Å². The molecule has 0 bridgehead atoms. The molecule has 18 heavy (non-hydrogen) atoms. The summed E-state index contributed by atoms with van der Waals surface area (Å²) in [6.45, 7) is 2.20. The van der Waals surface area contributed by atoms with E-state index < -0.39 is 10.8 Å². The molecule has 0 amide bonds. The van der Waals surface area contributed by atoms with E-state index in [-0.39, 0.29) is 5.25 Å². The third-order valence-corrected chi connectivity index (χ3v) is 6.30. The summed E-state index contributed by atoms with van der Waals surface area (Å²) in [7, 11) is -0.965. The number of nitrogens with two attached hydrogens (primary N) is 1. The van der Waals surface area contributed by atoms with Crippen molar-refractivity contribution in [2.75, 3.05) is 5.73 Å². The van der Waals surface area contributed by atoms with Gasteiger partial charge in [0.2, 0.25) is 0 Å². The molecule has 1 fully saturated rings. The van der Waals surface area contributed by atoms with E-state index in [1.165, 1.54) is 19.3 Å². The van der Waals surface area contributed by atoms with Crippen molar-refractivity contribution in [3.8, 4) is 0 Å². The molecule has 3 unspecified atom stereocenters. The maximum absolute atomic E-state index is 12.7. The first kappa shape index (κ1) is 14.1. The molecular weight excluding hydrogens is 310 g/mol. The third kappa shape index (κ3) is 2.97. The number of halogens is 1. The quantitative estimate of drug-likeness (QED) is 0.848. The Morgan fingerprint density at radius 3 is 2.78 bits per heavy atom. The average molecular weight is 330 g/mol. The van der Waals surface area contributed by atoms with Crippen LogP contribution in [0.3, 0.4) is 0 Å². The minimum atomic E-state index is -0.965. The molecule has 1 aliphatic rings. The molecule has 0 saturated heterocycles. The van der Waals surface area contributed by atoms with E-state index in [1.807, 2.05) is 18.2 Å². The fraction of sp³-hybridized carbons (Fsp3) is 0.571. The molecule has 1 aliphatic carbocycles. The maximum Gasteiger partial charge on any atom is 0.0621 e. The molecule has 0 aromatic heterocycles. The van der Waals surface area contributed by atoms with Crippen LogP contribution in [0.2, 0.25) is 0 Å². The molecule has 0 spiro atoms. The van der Waals surface area contributed by atoms with E-state index in [2.05, 4.69) is 22.9 Å². The van der Waals surface area contributed by atoms with Crippen LogP contribution < -0.4 is 5.73 Å².